The first kappa shape index (κ1) is 16.1. The highest BCUT2D eigenvalue weighted by Gasteiger charge is 2.27. The van der Waals surface area contributed by atoms with Crippen LogP contribution in [0.2, 0.25) is 0 Å². The molecule has 2 aromatic rings. The lowest BCUT2D eigenvalue weighted by atomic mass is 10.0. The largest absolute Gasteiger partial charge is 0.367 e. The van der Waals surface area contributed by atoms with Gasteiger partial charge >= 0.3 is 0 Å². The molecule has 126 valence electrons. The molecule has 1 atom stereocenters. The Kier molecular flexibility index (Phi) is 4.06. The van der Waals surface area contributed by atoms with E-state index in [9.17, 15) is 9.18 Å². The quantitative estimate of drug-likeness (QED) is 0.593. The average Bonchev–Trinajstić information content (AvgIpc) is 2.83. The van der Waals surface area contributed by atoms with Gasteiger partial charge in [-0.15, -0.1) is 0 Å². The topological polar surface area (TPSA) is 97.9 Å². The summed E-state index contributed by atoms with van der Waals surface area (Å²) in [5.74, 6) is -1.12. The minimum Gasteiger partial charge on any atom is -0.367 e. The molecule has 1 saturated heterocycles. The Morgan fingerprint density at radius 1 is 1.54 bits per heavy atom. The van der Waals surface area contributed by atoms with Crippen molar-refractivity contribution in [2.75, 3.05) is 18.0 Å². The van der Waals surface area contributed by atoms with E-state index in [1.54, 1.807) is 0 Å². The molecule has 1 aliphatic heterocycles. The summed E-state index contributed by atoms with van der Waals surface area (Å²) in [6.07, 6.45) is 3.70. The Morgan fingerprint density at radius 3 is 2.96 bits per heavy atom. The molecule has 1 aromatic heterocycles. The molecule has 1 aromatic carbocycles. The van der Waals surface area contributed by atoms with Crippen molar-refractivity contribution in [2.24, 2.45) is 5.73 Å². The Hall–Kier alpha value is -2.75. The summed E-state index contributed by atoms with van der Waals surface area (Å²) >= 11 is 0. The van der Waals surface area contributed by atoms with Crippen LogP contribution in [0.4, 0.5) is 10.1 Å². The normalized spacial score (nSPS) is 17.8. The maximum absolute atomic E-state index is 14.9. The van der Waals surface area contributed by atoms with E-state index in [4.69, 9.17) is 11.0 Å². The molecule has 0 aliphatic carbocycles. The number of halogens is 1. The smallest absolute Gasteiger partial charge is 0.250 e. The first-order chi connectivity index (χ1) is 11.4. The number of nitrogens with zero attached hydrogens (tertiary/aromatic N) is 2. The third-order valence-electron chi connectivity index (χ3n) is 4.78. The van der Waals surface area contributed by atoms with Crippen molar-refractivity contribution in [2.45, 2.75) is 32.7 Å². The van der Waals surface area contributed by atoms with Crippen molar-refractivity contribution in [3.63, 3.8) is 0 Å². The number of nitriles is 1. The number of carbonyl (C=O) groups excluding carboxylic acids is 1. The van der Waals surface area contributed by atoms with Crippen molar-refractivity contribution in [1.82, 2.24) is 10.3 Å². The number of aromatic nitrogens is 1. The van der Waals surface area contributed by atoms with Crippen LogP contribution in [0.3, 0.4) is 0 Å². The number of hydrogen-bond donors (Lipinski definition) is 3. The maximum atomic E-state index is 14.9. The van der Waals surface area contributed by atoms with Gasteiger partial charge < -0.3 is 20.9 Å². The van der Waals surface area contributed by atoms with Crippen LogP contribution in [0.5, 0.6) is 0 Å². The molecule has 3 rings (SSSR count). The summed E-state index contributed by atoms with van der Waals surface area (Å²) in [7, 11) is 0. The number of piperidine rings is 1. The van der Waals surface area contributed by atoms with E-state index >= 15 is 0 Å². The van der Waals surface area contributed by atoms with Crippen molar-refractivity contribution in [1.29, 1.82) is 5.26 Å². The van der Waals surface area contributed by atoms with Crippen molar-refractivity contribution in [3.05, 3.63) is 28.7 Å². The van der Waals surface area contributed by atoms with Crippen LogP contribution in [0.15, 0.2) is 6.07 Å². The Morgan fingerprint density at radius 2 is 2.29 bits per heavy atom. The molecule has 0 radical (unpaired) electrons. The molecule has 1 amide bonds. The number of primary amides is 1. The Balaban J connectivity index is 2.18. The highest BCUT2D eigenvalue weighted by Crippen LogP contribution is 2.37. The molecular weight excluding hydrogens is 309 g/mol. The van der Waals surface area contributed by atoms with E-state index in [0.29, 0.717) is 29.7 Å². The second-order valence-electron chi connectivity index (χ2n) is 6.29. The number of aromatic amines is 1. The highest BCUT2D eigenvalue weighted by molar-refractivity contribution is 6.10. The van der Waals surface area contributed by atoms with E-state index in [-0.39, 0.29) is 11.6 Å². The lowest BCUT2D eigenvalue weighted by molar-refractivity contribution is 0.100. The molecule has 7 heteroatoms. The summed E-state index contributed by atoms with van der Waals surface area (Å²) < 4.78 is 14.9. The number of nitrogens with one attached hydrogen (secondary N) is 2. The van der Waals surface area contributed by atoms with Gasteiger partial charge in [0.1, 0.15) is 5.82 Å². The number of benzene rings is 1. The molecule has 2 heterocycles. The second kappa shape index (κ2) is 6.04. The highest BCUT2D eigenvalue weighted by atomic mass is 19.1. The molecule has 1 fully saturated rings. The van der Waals surface area contributed by atoms with Gasteiger partial charge in [0.05, 0.1) is 22.8 Å². The Bertz CT molecular complexity index is 851. The standard InChI is InChI=1S/C17H20FN5O/c1-9-10(2)22-15-12(17(20)24)6-13(18)16(14(9)15)23-5-3-4-11(7-23)21-8-19/h6,11,21-22H,3-5,7H2,1-2H3,(H2,20,24). The summed E-state index contributed by atoms with van der Waals surface area (Å²) in [6, 6.07) is 1.20. The van der Waals surface area contributed by atoms with Crippen LogP contribution in [0.25, 0.3) is 10.9 Å². The number of amides is 1. The average molecular weight is 329 g/mol. The zero-order valence-corrected chi connectivity index (χ0v) is 13.7. The van der Waals surface area contributed by atoms with Crippen LogP contribution in [-0.2, 0) is 0 Å². The SMILES string of the molecule is Cc1[nH]c2c(C(N)=O)cc(F)c(N3CCCC(NC#N)C3)c2c1C. The molecule has 24 heavy (non-hydrogen) atoms. The van der Waals surface area contributed by atoms with E-state index in [1.807, 2.05) is 24.9 Å². The predicted molar refractivity (Wildman–Crippen MR) is 90.2 cm³/mol. The third-order valence-corrected chi connectivity index (χ3v) is 4.78. The minimum absolute atomic E-state index is 0.00522. The lowest BCUT2D eigenvalue weighted by Crippen LogP contribution is -2.44. The van der Waals surface area contributed by atoms with Gasteiger partial charge in [-0.2, -0.15) is 5.26 Å². The monoisotopic (exact) mass is 329 g/mol. The van der Waals surface area contributed by atoms with Gasteiger partial charge in [0, 0.05) is 24.2 Å². The predicted octanol–water partition coefficient (Wildman–Crippen LogP) is 2.06. The van der Waals surface area contributed by atoms with E-state index in [1.165, 1.54) is 6.07 Å². The van der Waals surface area contributed by atoms with Gasteiger partial charge in [-0.1, -0.05) is 0 Å². The number of H-pyrrole nitrogens is 1. The molecule has 0 spiro atoms. The third kappa shape index (κ3) is 2.54. The summed E-state index contributed by atoms with van der Waals surface area (Å²) in [5.41, 5.74) is 8.40. The number of rotatable bonds is 3. The fourth-order valence-corrected chi connectivity index (χ4v) is 3.50. The van der Waals surface area contributed by atoms with Crippen LogP contribution in [0.1, 0.15) is 34.5 Å². The van der Waals surface area contributed by atoms with Gasteiger partial charge in [-0.25, -0.2) is 4.39 Å². The maximum Gasteiger partial charge on any atom is 0.250 e. The van der Waals surface area contributed by atoms with Gasteiger partial charge in [-0.05, 0) is 38.3 Å². The fraction of sp³-hybridized carbons (Fsp3) is 0.412. The first-order valence-electron chi connectivity index (χ1n) is 7.94. The van der Waals surface area contributed by atoms with Gasteiger partial charge in [0.2, 0.25) is 0 Å². The van der Waals surface area contributed by atoms with Gasteiger partial charge in [0.25, 0.3) is 5.91 Å². The zero-order valence-electron chi connectivity index (χ0n) is 13.7. The van der Waals surface area contributed by atoms with E-state index in [0.717, 1.165) is 24.1 Å². The number of hydrogen-bond acceptors (Lipinski definition) is 4. The van der Waals surface area contributed by atoms with Crippen molar-refractivity contribution in [3.8, 4) is 6.19 Å². The molecule has 1 aliphatic rings. The van der Waals surface area contributed by atoms with Crippen LogP contribution < -0.4 is 16.0 Å². The van der Waals surface area contributed by atoms with Crippen molar-refractivity contribution < 1.29 is 9.18 Å². The van der Waals surface area contributed by atoms with Crippen LogP contribution in [0, 0.1) is 31.1 Å². The number of fused-ring (bicyclic) bond motifs is 1. The molecular formula is C17H20FN5O. The number of aryl methyl sites for hydroxylation is 2. The zero-order chi connectivity index (χ0) is 17.4. The second-order valence-corrected chi connectivity index (χ2v) is 6.29. The molecule has 6 nitrogen and oxygen atoms in total. The van der Waals surface area contributed by atoms with Crippen molar-refractivity contribution >= 4 is 22.5 Å². The number of carbonyl (C=O) groups is 1. The van der Waals surface area contributed by atoms with E-state index in [2.05, 4.69) is 10.3 Å². The van der Waals surface area contributed by atoms with Gasteiger partial charge in [0.15, 0.2) is 6.19 Å². The summed E-state index contributed by atoms with van der Waals surface area (Å²) in [6.45, 7) is 5.03. The van der Waals surface area contributed by atoms with Crippen LogP contribution in [-0.4, -0.2) is 30.0 Å². The van der Waals surface area contributed by atoms with Gasteiger partial charge in [-0.3, -0.25) is 4.79 Å². The molecule has 0 saturated carbocycles. The first-order valence-corrected chi connectivity index (χ1v) is 7.94. The molecule has 0 bridgehead atoms. The number of anilines is 1. The summed E-state index contributed by atoms with van der Waals surface area (Å²) in [4.78, 5) is 16.8. The molecule has 4 N–H and O–H groups in total. The van der Waals surface area contributed by atoms with E-state index < -0.39 is 11.7 Å². The number of nitrogens with two attached hydrogens (primary N) is 1. The Labute approximate surface area is 139 Å². The fourth-order valence-electron chi connectivity index (χ4n) is 3.50. The van der Waals surface area contributed by atoms with Crippen LogP contribution >= 0.6 is 0 Å². The lowest BCUT2D eigenvalue weighted by Gasteiger charge is -2.34. The minimum atomic E-state index is -0.658. The molecule has 1 unspecified atom stereocenters. The summed E-state index contributed by atoms with van der Waals surface area (Å²) in [5, 5.41) is 12.3.